The van der Waals surface area contributed by atoms with Gasteiger partial charge in [0.1, 0.15) is 17.2 Å². The van der Waals surface area contributed by atoms with E-state index in [4.69, 9.17) is 13.6 Å². The van der Waals surface area contributed by atoms with Gasteiger partial charge in [-0.3, -0.25) is 0 Å². The molecule has 0 saturated carbocycles. The van der Waals surface area contributed by atoms with Crippen LogP contribution in [0, 0.1) is 0 Å². The van der Waals surface area contributed by atoms with Gasteiger partial charge in [-0.25, -0.2) is 0 Å². The molecule has 0 heterocycles. The third kappa shape index (κ3) is 8.11. The van der Waals surface area contributed by atoms with Crippen molar-refractivity contribution in [3.8, 4) is 17.2 Å². The monoisotopic (exact) mass is 686 g/mol. The Kier molecular flexibility index (Phi) is 8.58. The molecule has 4 nitrogen and oxygen atoms in total. The average molecular weight is 689 g/mol. The summed E-state index contributed by atoms with van der Waals surface area (Å²) < 4.78 is 30.8. The first kappa shape index (κ1) is 28.3. The minimum atomic E-state index is -4.09. The molecule has 0 aliphatic heterocycles. The topological polar surface area (TPSA) is 44.8 Å². The summed E-state index contributed by atoms with van der Waals surface area (Å²) in [5.74, 6) is 1.14. The van der Waals surface area contributed by atoms with Gasteiger partial charge < -0.3 is 13.6 Å². The number of halogens is 3. The molecule has 0 aliphatic carbocycles. The Hall–Kier alpha value is -1.27. The van der Waals surface area contributed by atoms with E-state index in [1.807, 2.05) is 36.4 Å². The number of rotatable bonds is 9. The molecule has 0 bridgehead atoms. The standard InChI is InChI=1S/C27H30Br3O4P/c1-25(2,28)19-7-13-22(14-8-19)32-35(31,33-23-15-9-20(10-16-23)26(3,4)29)34-24-17-11-21(12-18-24)27(5,6)30/h7-18H,1-6H3. The molecule has 3 aromatic carbocycles. The van der Waals surface area contributed by atoms with Crippen LogP contribution < -0.4 is 13.6 Å². The fraction of sp³-hybridized carbons (Fsp3) is 0.333. The normalized spacial score (nSPS) is 12.8. The van der Waals surface area contributed by atoms with Crippen LogP contribution in [0.4, 0.5) is 0 Å². The second-order valence-electron chi connectivity index (χ2n) is 9.71. The molecule has 188 valence electrons. The number of hydrogen-bond acceptors (Lipinski definition) is 4. The van der Waals surface area contributed by atoms with Crippen LogP contribution in [0.3, 0.4) is 0 Å². The van der Waals surface area contributed by atoms with Crippen LogP contribution in [0.25, 0.3) is 0 Å². The van der Waals surface area contributed by atoms with Crippen molar-refractivity contribution in [1.29, 1.82) is 0 Å². The van der Waals surface area contributed by atoms with E-state index < -0.39 is 7.82 Å². The van der Waals surface area contributed by atoms with Crippen LogP contribution in [-0.4, -0.2) is 0 Å². The largest absolute Gasteiger partial charge is 0.647 e. The number of benzene rings is 3. The fourth-order valence-corrected chi connectivity index (χ4v) is 5.22. The molecule has 0 saturated heterocycles. The molecule has 0 radical (unpaired) electrons. The zero-order chi connectivity index (χ0) is 26.1. The SMILES string of the molecule is CC(C)(Br)c1ccc(OP(=O)(Oc2ccc(C(C)(C)Br)cc2)Oc2ccc(C(C)(C)Br)cc2)cc1. The summed E-state index contributed by atoms with van der Waals surface area (Å²) in [5, 5.41) is 0. The molecule has 3 aromatic rings. The minimum Gasteiger partial charge on any atom is -0.386 e. The summed E-state index contributed by atoms with van der Waals surface area (Å²) >= 11 is 10.9. The third-order valence-corrected chi connectivity index (χ3v) is 7.95. The number of hydrogen-bond donors (Lipinski definition) is 0. The van der Waals surface area contributed by atoms with E-state index >= 15 is 0 Å². The first-order valence-corrected chi connectivity index (χ1v) is 15.0. The highest BCUT2D eigenvalue weighted by Gasteiger charge is 2.34. The van der Waals surface area contributed by atoms with Crippen molar-refractivity contribution in [2.24, 2.45) is 0 Å². The van der Waals surface area contributed by atoms with E-state index in [2.05, 4.69) is 89.3 Å². The maximum absolute atomic E-state index is 13.9. The first-order chi connectivity index (χ1) is 16.1. The highest BCUT2D eigenvalue weighted by molar-refractivity contribution is 9.10. The molecular formula is C27H30Br3O4P. The Labute approximate surface area is 233 Å². The van der Waals surface area contributed by atoms with E-state index in [9.17, 15) is 4.57 Å². The molecule has 8 heteroatoms. The second kappa shape index (κ2) is 10.6. The Morgan fingerprint density at radius 1 is 0.486 bits per heavy atom. The molecule has 3 rings (SSSR count). The molecule has 0 aliphatic rings. The quantitative estimate of drug-likeness (QED) is 0.166. The summed E-state index contributed by atoms with van der Waals surface area (Å²) in [6.45, 7) is 12.3. The van der Waals surface area contributed by atoms with Crippen molar-refractivity contribution < 1.29 is 18.1 Å². The zero-order valence-corrected chi connectivity index (χ0v) is 26.3. The minimum absolute atomic E-state index is 0.196. The second-order valence-corrected chi connectivity index (χ2v) is 17.1. The van der Waals surface area contributed by atoms with Crippen molar-refractivity contribution in [3.05, 3.63) is 89.5 Å². The molecule has 0 fully saturated rings. The van der Waals surface area contributed by atoms with Gasteiger partial charge in [-0.05, 0) is 94.6 Å². The van der Waals surface area contributed by atoms with Gasteiger partial charge in [0.2, 0.25) is 0 Å². The summed E-state index contributed by atoms with van der Waals surface area (Å²) in [4.78, 5) is 0. The van der Waals surface area contributed by atoms with E-state index in [1.54, 1.807) is 36.4 Å². The maximum atomic E-state index is 13.9. The third-order valence-electron chi connectivity index (χ3n) is 5.27. The molecule has 35 heavy (non-hydrogen) atoms. The Bertz CT molecular complexity index is 1020. The molecular weight excluding hydrogens is 659 g/mol. The Morgan fingerprint density at radius 3 is 0.857 bits per heavy atom. The van der Waals surface area contributed by atoms with Crippen molar-refractivity contribution in [2.45, 2.75) is 54.5 Å². The highest BCUT2D eigenvalue weighted by Crippen LogP contribution is 2.50. The summed E-state index contributed by atoms with van der Waals surface area (Å²) in [7, 11) is -4.09. The molecule has 0 unspecified atom stereocenters. The van der Waals surface area contributed by atoms with Crippen molar-refractivity contribution in [1.82, 2.24) is 0 Å². The van der Waals surface area contributed by atoms with Gasteiger partial charge in [0.05, 0.1) is 0 Å². The average Bonchev–Trinajstić information content (AvgIpc) is 2.72. The first-order valence-electron chi connectivity index (χ1n) is 11.1. The summed E-state index contributed by atoms with van der Waals surface area (Å²) in [6.07, 6.45) is 0. The Morgan fingerprint density at radius 2 is 0.686 bits per heavy atom. The fourth-order valence-electron chi connectivity index (χ4n) is 3.18. The van der Waals surface area contributed by atoms with Crippen LogP contribution in [0.2, 0.25) is 0 Å². The van der Waals surface area contributed by atoms with Crippen molar-refractivity contribution >= 4 is 55.6 Å². The van der Waals surface area contributed by atoms with Crippen LogP contribution in [0.5, 0.6) is 17.2 Å². The lowest BCUT2D eigenvalue weighted by atomic mass is 10.0. The van der Waals surface area contributed by atoms with E-state index in [1.165, 1.54) is 0 Å². The number of phosphoric ester groups is 1. The summed E-state index contributed by atoms with van der Waals surface area (Å²) in [5.41, 5.74) is 3.17. The van der Waals surface area contributed by atoms with Gasteiger partial charge in [0.25, 0.3) is 0 Å². The molecule has 0 aromatic heterocycles. The van der Waals surface area contributed by atoms with Gasteiger partial charge in [-0.2, -0.15) is 4.57 Å². The number of phosphoric acid groups is 1. The van der Waals surface area contributed by atoms with E-state index in [0.29, 0.717) is 17.2 Å². The predicted molar refractivity (Wildman–Crippen MR) is 155 cm³/mol. The van der Waals surface area contributed by atoms with Gasteiger partial charge >= 0.3 is 7.82 Å². The Balaban J connectivity index is 1.90. The molecule has 0 amide bonds. The van der Waals surface area contributed by atoms with Crippen LogP contribution in [0.15, 0.2) is 72.8 Å². The van der Waals surface area contributed by atoms with Crippen LogP contribution >= 0.6 is 55.6 Å². The van der Waals surface area contributed by atoms with Gasteiger partial charge in [-0.1, -0.05) is 84.2 Å². The van der Waals surface area contributed by atoms with Crippen LogP contribution in [0.1, 0.15) is 58.2 Å². The maximum Gasteiger partial charge on any atom is 0.647 e. The molecule has 0 spiro atoms. The highest BCUT2D eigenvalue weighted by atomic mass is 79.9. The van der Waals surface area contributed by atoms with Crippen molar-refractivity contribution in [2.75, 3.05) is 0 Å². The lowest BCUT2D eigenvalue weighted by molar-refractivity contribution is 0.298. The lowest BCUT2D eigenvalue weighted by Gasteiger charge is -2.22. The smallest absolute Gasteiger partial charge is 0.386 e. The van der Waals surface area contributed by atoms with Gasteiger partial charge in [-0.15, -0.1) is 0 Å². The van der Waals surface area contributed by atoms with E-state index in [-0.39, 0.29) is 13.0 Å². The zero-order valence-electron chi connectivity index (χ0n) is 20.6. The van der Waals surface area contributed by atoms with Crippen molar-refractivity contribution in [3.63, 3.8) is 0 Å². The van der Waals surface area contributed by atoms with Crippen LogP contribution in [-0.2, 0) is 17.5 Å². The predicted octanol–water partition coefficient (Wildman–Crippen LogP) is 10.2. The molecule has 0 N–H and O–H groups in total. The van der Waals surface area contributed by atoms with Gasteiger partial charge in [0.15, 0.2) is 0 Å². The summed E-state index contributed by atoms with van der Waals surface area (Å²) in [6, 6.07) is 22.0. The number of alkyl halides is 3. The lowest BCUT2D eigenvalue weighted by Crippen LogP contribution is -2.10. The van der Waals surface area contributed by atoms with Gasteiger partial charge in [0, 0.05) is 13.0 Å². The van der Waals surface area contributed by atoms with E-state index in [0.717, 1.165) is 16.7 Å². The molecule has 0 atom stereocenters.